The molecule has 0 spiro atoms. The standard InChI is InChI=1S/C46H48N4O.Pt/c1-10-46(8,9)35-16-19-41-40(27-35)39-18-17-37(29-42(39)49(41)43-24-30(2)21-23-47-43)51-38-26-33(20-22-45(5,6)7)25-36(28-38)50-32(4)44(31(3)48-50)34-14-12-11-13-15-34;/h11-19,21,23-27H,10,20,22H2,1-9H3;/q-2;+2. The molecule has 0 saturated carbocycles. The molecule has 7 aromatic rings. The maximum Gasteiger partial charge on any atom is 2.00 e. The van der Waals surface area contributed by atoms with Gasteiger partial charge in [0.25, 0.3) is 0 Å². The van der Waals surface area contributed by atoms with Gasteiger partial charge in [0, 0.05) is 34.5 Å². The zero-order chi connectivity index (χ0) is 36.1. The number of ether oxygens (including phenoxy) is 1. The fourth-order valence-corrected chi connectivity index (χ4v) is 6.92. The van der Waals surface area contributed by atoms with Crippen LogP contribution >= 0.6 is 0 Å². The summed E-state index contributed by atoms with van der Waals surface area (Å²) in [7, 11) is 0. The fraction of sp³-hybridized carbons (Fsp3) is 0.304. The van der Waals surface area contributed by atoms with E-state index in [1.807, 2.05) is 29.1 Å². The van der Waals surface area contributed by atoms with E-state index < -0.39 is 0 Å². The van der Waals surface area contributed by atoms with Crippen molar-refractivity contribution < 1.29 is 25.8 Å². The van der Waals surface area contributed by atoms with Crippen molar-refractivity contribution in [2.24, 2.45) is 5.41 Å². The van der Waals surface area contributed by atoms with Gasteiger partial charge in [-0.05, 0) is 96.8 Å². The second-order valence-electron chi connectivity index (χ2n) is 15.8. The molecule has 0 unspecified atom stereocenters. The number of nitrogens with zero attached hydrogens (tertiary/aromatic N) is 4. The first-order chi connectivity index (χ1) is 24.3. The molecule has 5 nitrogen and oxygen atoms in total. The van der Waals surface area contributed by atoms with Crippen LogP contribution in [0.3, 0.4) is 0 Å². The number of fused-ring (bicyclic) bond motifs is 3. The molecule has 6 heteroatoms. The van der Waals surface area contributed by atoms with E-state index in [-0.39, 0.29) is 31.9 Å². The van der Waals surface area contributed by atoms with Gasteiger partial charge in [-0.25, -0.2) is 4.98 Å². The number of rotatable bonds is 9. The summed E-state index contributed by atoms with van der Waals surface area (Å²) < 4.78 is 10.9. The van der Waals surface area contributed by atoms with Gasteiger partial charge in [0.05, 0.1) is 5.69 Å². The Morgan fingerprint density at radius 1 is 0.788 bits per heavy atom. The summed E-state index contributed by atoms with van der Waals surface area (Å²) in [6.45, 7) is 20.0. The van der Waals surface area contributed by atoms with Crippen LogP contribution in [0, 0.1) is 38.3 Å². The summed E-state index contributed by atoms with van der Waals surface area (Å²) in [4.78, 5) is 4.81. The predicted octanol–water partition coefficient (Wildman–Crippen LogP) is 12.0. The Bertz CT molecular complexity index is 2380. The average molecular weight is 868 g/mol. The van der Waals surface area contributed by atoms with Gasteiger partial charge >= 0.3 is 21.1 Å². The van der Waals surface area contributed by atoms with E-state index in [0.717, 1.165) is 75.3 Å². The topological polar surface area (TPSA) is 44.9 Å². The molecule has 0 N–H and O–H groups in total. The summed E-state index contributed by atoms with van der Waals surface area (Å²) in [5.41, 5.74) is 11.2. The maximum atomic E-state index is 6.70. The van der Waals surface area contributed by atoms with Gasteiger partial charge in [0.1, 0.15) is 5.82 Å². The molecule has 0 amide bonds. The zero-order valence-corrected chi connectivity index (χ0v) is 34.1. The van der Waals surface area contributed by atoms with E-state index in [9.17, 15) is 0 Å². The quantitative estimate of drug-likeness (QED) is 0.136. The van der Waals surface area contributed by atoms with Crippen molar-refractivity contribution >= 4 is 21.8 Å². The average Bonchev–Trinajstić information content (AvgIpc) is 3.59. The van der Waals surface area contributed by atoms with Crippen molar-refractivity contribution in [1.29, 1.82) is 0 Å². The van der Waals surface area contributed by atoms with Gasteiger partial charge < -0.3 is 9.30 Å². The van der Waals surface area contributed by atoms with E-state index >= 15 is 0 Å². The molecule has 7 rings (SSSR count). The number of aromatic nitrogens is 4. The number of hydrogen-bond donors (Lipinski definition) is 0. The molecule has 0 aliphatic carbocycles. The van der Waals surface area contributed by atoms with Gasteiger partial charge in [0.15, 0.2) is 0 Å². The molecule has 4 aromatic carbocycles. The molecule has 0 aliphatic rings. The monoisotopic (exact) mass is 867 g/mol. The third-order valence-electron chi connectivity index (χ3n) is 10.3. The first-order valence-corrected chi connectivity index (χ1v) is 18.1. The number of aryl methyl sites for hydroxylation is 3. The molecule has 268 valence electrons. The van der Waals surface area contributed by atoms with Crippen LogP contribution in [0.5, 0.6) is 11.5 Å². The minimum atomic E-state index is 0. The molecule has 52 heavy (non-hydrogen) atoms. The Morgan fingerprint density at radius 3 is 2.27 bits per heavy atom. The molecule has 0 atom stereocenters. The van der Waals surface area contributed by atoms with Crippen molar-refractivity contribution in [3.05, 3.63) is 131 Å². The van der Waals surface area contributed by atoms with Crippen molar-refractivity contribution in [3.63, 3.8) is 0 Å². The third-order valence-corrected chi connectivity index (χ3v) is 10.3. The second kappa shape index (κ2) is 14.5. The summed E-state index contributed by atoms with van der Waals surface area (Å²) in [5, 5.41) is 7.32. The summed E-state index contributed by atoms with van der Waals surface area (Å²) in [5.74, 6) is 2.13. The second-order valence-corrected chi connectivity index (χ2v) is 15.8. The van der Waals surface area contributed by atoms with E-state index in [1.165, 1.54) is 16.5 Å². The van der Waals surface area contributed by atoms with E-state index in [4.69, 9.17) is 14.8 Å². The van der Waals surface area contributed by atoms with Crippen molar-refractivity contribution in [2.45, 2.75) is 87.0 Å². The summed E-state index contributed by atoms with van der Waals surface area (Å²) in [6, 6.07) is 37.2. The number of hydrogen-bond acceptors (Lipinski definition) is 3. The minimum Gasteiger partial charge on any atom is -0.509 e. The molecular weight excluding hydrogens is 820 g/mol. The van der Waals surface area contributed by atoms with E-state index in [0.29, 0.717) is 11.5 Å². The maximum absolute atomic E-state index is 6.70. The Labute approximate surface area is 323 Å². The minimum absolute atomic E-state index is 0. The first-order valence-electron chi connectivity index (χ1n) is 18.1. The van der Waals surface area contributed by atoms with Crippen molar-refractivity contribution in [1.82, 2.24) is 19.3 Å². The van der Waals surface area contributed by atoms with Gasteiger partial charge in [-0.1, -0.05) is 89.5 Å². The molecule has 3 aromatic heterocycles. The van der Waals surface area contributed by atoms with Gasteiger partial charge in [-0.3, -0.25) is 4.68 Å². The first kappa shape index (κ1) is 37.3. The largest absolute Gasteiger partial charge is 2.00 e. The van der Waals surface area contributed by atoms with Gasteiger partial charge in [0.2, 0.25) is 0 Å². The van der Waals surface area contributed by atoms with Crippen LogP contribution in [0.1, 0.15) is 82.5 Å². The van der Waals surface area contributed by atoms with Crippen LogP contribution in [0.2, 0.25) is 0 Å². The van der Waals surface area contributed by atoms with Crippen LogP contribution in [-0.4, -0.2) is 19.3 Å². The molecule has 0 radical (unpaired) electrons. The molecule has 0 bridgehead atoms. The SMILES string of the molecule is CCC(C)(C)c1ccc2c(c1)c1ccc(Oc3[c-]c(-n4nc(C)c(-c5ccccc5)c4C)cc(CCC(C)(C)C)c3)[c-]c1n2-c1cc(C)ccn1.[Pt+2]. The predicted molar refractivity (Wildman–Crippen MR) is 211 cm³/mol. The van der Waals surface area contributed by atoms with Crippen LogP contribution in [0.15, 0.2) is 91.1 Å². The van der Waals surface area contributed by atoms with Crippen molar-refractivity contribution in [3.8, 4) is 34.1 Å². The third kappa shape index (κ3) is 7.39. The Hall–Kier alpha value is -4.47. The summed E-state index contributed by atoms with van der Waals surface area (Å²) in [6.07, 6.45) is 4.89. The summed E-state index contributed by atoms with van der Waals surface area (Å²) >= 11 is 0. The fourth-order valence-electron chi connectivity index (χ4n) is 6.92. The van der Waals surface area contributed by atoms with Crippen molar-refractivity contribution in [2.75, 3.05) is 0 Å². The molecule has 0 saturated heterocycles. The van der Waals surface area contributed by atoms with Crippen LogP contribution in [0.25, 0.3) is 44.4 Å². The smallest absolute Gasteiger partial charge is 0.509 e. The van der Waals surface area contributed by atoms with Crippen LogP contribution in [0.4, 0.5) is 0 Å². The van der Waals surface area contributed by atoms with Gasteiger partial charge in [-0.2, -0.15) is 16.7 Å². The van der Waals surface area contributed by atoms with E-state index in [2.05, 4.69) is 146 Å². The molecule has 0 aliphatic heterocycles. The number of pyridine rings is 1. The Kier molecular flexibility index (Phi) is 10.4. The van der Waals surface area contributed by atoms with Crippen LogP contribution in [-0.2, 0) is 32.9 Å². The van der Waals surface area contributed by atoms with E-state index in [1.54, 1.807) is 0 Å². The normalized spacial score (nSPS) is 12.0. The Balaban J connectivity index is 0.00000464. The number of benzene rings is 4. The van der Waals surface area contributed by atoms with Crippen LogP contribution < -0.4 is 4.74 Å². The Morgan fingerprint density at radius 2 is 1.56 bits per heavy atom. The molecule has 3 heterocycles. The molecule has 0 fully saturated rings. The zero-order valence-electron chi connectivity index (χ0n) is 31.8. The van der Waals surface area contributed by atoms with Gasteiger partial charge in [-0.15, -0.1) is 35.7 Å². The molecular formula is C46H48N4OPt.